The highest BCUT2D eigenvalue weighted by atomic mass is 32.2. The third-order valence-electron chi connectivity index (χ3n) is 5.03. The molecule has 1 atom stereocenters. The number of carbonyl (C=O) groups excluding carboxylic acids is 1. The predicted octanol–water partition coefficient (Wildman–Crippen LogP) is 3.79. The standard InChI is InChI=1S/C20H25N3O4S/c1-15(28-19-7-5-17(6-8-19)23(25)26)20(24)22(14-18-4-3-13-27-18)16-9-11-21(2)12-10-16/h3-8,13,15-16H,9-12,14H2,1-2H3. The molecule has 28 heavy (non-hydrogen) atoms. The maximum Gasteiger partial charge on any atom is 0.269 e. The highest BCUT2D eigenvalue weighted by Crippen LogP contribution is 2.29. The van der Waals surface area contributed by atoms with Gasteiger partial charge in [0.25, 0.3) is 5.69 Å². The molecule has 0 radical (unpaired) electrons. The highest BCUT2D eigenvalue weighted by molar-refractivity contribution is 8.00. The summed E-state index contributed by atoms with van der Waals surface area (Å²) in [4.78, 5) is 28.7. The van der Waals surface area contributed by atoms with Crippen LogP contribution in [0.15, 0.2) is 52.0 Å². The predicted molar refractivity (Wildman–Crippen MR) is 108 cm³/mol. The molecule has 1 aromatic heterocycles. The van der Waals surface area contributed by atoms with Crippen molar-refractivity contribution >= 4 is 23.4 Å². The molecule has 8 heteroatoms. The van der Waals surface area contributed by atoms with Crippen LogP contribution in [0.25, 0.3) is 0 Å². The van der Waals surface area contributed by atoms with Crippen LogP contribution in [0.1, 0.15) is 25.5 Å². The summed E-state index contributed by atoms with van der Waals surface area (Å²) in [5.41, 5.74) is 0.0501. The summed E-state index contributed by atoms with van der Waals surface area (Å²) in [6.45, 7) is 4.29. The summed E-state index contributed by atoms with van der Waals surface area (Å²) in [5.74, 6) is 0.842. The number of nitro groups is 1. The number of piperidine rings is 1. The number of hydrogen-bond acceptors (Lipinski definition) is 6. The minimum absolute atomic E-state index is 0.0501. The lowest BCUT2D eigenvalue weighted by Crippen LogP contribution is -2.48. The van der Waals surface area contributed by atoms with E-state index < -0.39 is 4.92 Å². The van der Waals surface area contributed by atoms with Crippen LogP contribution in [0.4, 0.5) is 5.69 Å². The summed E-state index contributed by atoms with van der Waals surface area (Å²) in [6.07, 6.45) is 3.51. The molecule has 150 valence electrons. The number of amides is 1. The Hall–Kier alpha value is -2.32. The van der Waals surface area contributed by atoms with E-state index >= 15 is 0 Å². The first-order valence-electron chi connectivity index (χ1n) is 9.36. The zero-order valence-corrected chi connectivity index (χ0v) is 16.9. The van der Waals surface area contributed by atoms with Crippen molar-refractivity contribution in [3.63, 3.8) is 0 Å². The average Bonchev–Trinajstić information content (AvgIpc) is 3.20. The fraction of sp³-hybridized carbons (Fsp3) is 0.450. The molecule has 1 aromatic carbocycles. The van der Waals surface area contributed by atoms with Crippen molar-refractivity contribution in [2.45, 2.75) is 42.5 Å². The first-order chi connectivity index (χ1) is 13.4. The minimum atomic E-state index is -0.422. The summed E-state index contributed by atoms with van der Waals surface area (Å²) in [6, 6.07) is 10.2. The quantitative estimate of drug-likeness (QED) is 0.397. The molecule has 0 spiro atoms. The fourth-order valence-corrected chi connectivity index (χ4v) is 4.34. The van der Waals surface area contributed by atoms with Crippen LogP contribution in [0.2, 0.25) is 0 Å². The van der Waals surface area contributed by atoms with Crippen LogP contribution >= 0.6 is 11.8 Å². The van der Waals surface area contributed by atoms with Crippen molar-refractivity contribution < 1.29 is 14.1 Å². The van der Waals surface area contributed by atoms with Crippen molar-refractivity contribution in [3.05, 3.63) is 58.5 Å². The van der Waals surface area contributed by atoms with Crippen LogP contribution < -0.4 is 0 Å². The van der Waals surface area contributed by atoms with Gasteiger partial charge in [-0.05, 0) is 64.2 Å². The number of thioether (sulfide) groups is 1. The topological polar surface area (TPSA) is 79.8 Å². The number of likely N-dealkylation sites (tertiary alicyclic amines) is 1. The molecule has 2 heterocycles. The van der Waals surface area contributed by atoms with Gasteiger partial charge in [-0.15, -0.1) is 11.8 Å². The second kappa shape index (κ2) is 9.25. The van der Waals surface area contributed by atoms with Crippen molar-refractivity contribution in [1.82, 2.24) is 9.80 Å². The summed E-state index contributed by atoms with van der Waals surface area (Å²) < 4.78 is 5.48. The molecule has 0 saturated carbocycles. The largest absolute Gasteiger partial charge is 0.467 e. The van der Waals surface area contributed by atoms with Gasteiger partial charge >= 0.3 is 0 Å². The average molecular weight is 404 g/mol. The molecule has 2 aromatic rings. The van der Waals surface area contributed by atoms with E-state index in [9.17, 15) is 14.9 Å². The van der Waals surface area contributed by atoms with E-state index in [0.29, 0.717) is 6.54 Å². The Morgan fingerprint density at radius 3 is 2.57 bits per heavy atom. The maximum atomic E-state index is 13.3. The van der Waals surface area contributed by atoms with Crippen molar-refractivity contribution in [2.75, 3.05) is 20.1 Å². The zero-order chi connectivity index (χ0) is 20.1. The molecule has 1 aliphatic rings. The Labute approximate surface area is 168 Å². The van der Waals surface area contributed by atoms with Gasteiger partial charge in [-0.1, -0.05) is 0 Å². The SMILES string of the molecule is CC(Sc1ccc([N+](=O)[O-])cc1)C(=O)N(Cc1ccco1)C1CCN(C)CC1. The summed E-state index contributed by atoms with van der Waals surface area (Å²) in [5, 5.41) is 10.5. The van der Waals surface area contributed by atoms with E-state index in [2.05, 4.69) is 11.9 Å². The molecule has 1 unspecified atom stereocenters. The van der Waals surface area contributed by atoms with Gasteiger partial charge in [0.15, 0.2) is 0 Å². The third kappa shape index (κ3) is 5.14. The lowest BCUT2D eigenvalue weighted by Gasteiger charge is -2.38. The lowest BCUT2D eigenvalue weighted by molar-refractivity contribution is -0.384. The van der Waals surface area contributed by atoms with Crippen molar-refractivity contribution in [2.24, 2.45) is 0 Å². The van der Waals surface area contributed by atoms with Gasteiger partial charge in [-0.25, -0.2) is 0 Å². The number of hydrogen-bond donors (Lipinski definition) is 0. The number of non-ortho nitro benzene ring substituents is 1. The third-order valence-corrected chi connectivity index (χ3v) is 6.13. The number of rotatable bonds is 7. The number of furan rings is 1. The molecule has 1 aliphatic heterocycles. The molecule has 1 amide bonds. The van der Waals surface area contributed by atoms with E-state index in [1.807, 2.05) is 24.0 Å². The number of benzene rings is 1. The Kier molecular flexibility index (Phi) is 6.74. The van der Waals surface area contributed by atoms with Gasteiger partial charge in [0.1, 0.15) is 5.76 Å². The minimum Gasteiger partial charge on any atom is -0.467 e. The molecule has 7 nitrogen and oxygen atoms in total. The molecule has 0 N–H and O–H groups in total. The number of carbonyl (C=O) groups is 1. The van der Waals surface area contributed by atoms with E-state index in [0.717, 1.165) is 36.6 Å². The van der Waals surface area contributed by atoms with Gasteiger partial charge in [-0.3, -0.25) is 14.9 Å². The smallest absolute Gasteiger partial charge is 0.269 e. The highest BCUT2D eigenvalue weighted by Gasteiger charge is 2.30. The molecule has 0 aliphatic carbocycles. The molecular formula is C20H25N3O4S. The number of nitro benzene ring substituents is 1. The molecule has 1 fully saturated rings. The van der Waals surface area contributed by atoms with Crippen LogP contribution in [-0.4, -0.2) is 52.1 Å². The number of nitrogens with zero attached hydrogens (tertiary/aromatic N) is 3. The monoisotopic (exact) mass is 403 g/mol. The van der Waals surface area contributed by atoms with Crippen molar-refractivity contribution in [3.8, 4) is 0 Å². The van der Waals surface area contributed by atoms with Crippen LogP contribution in [0.5, 0.6) is 0 Å². The normalized spacial score (nSPS) is 16.6. The Balaban J connectivity index is 1.70. The maximum absolute atomic E-state index is 13.3. The lowest BCUT2D eigenvalue weighted by atomic mass is 10.0. The summed E-state index contributed by atoms with van der Waals surface area (Å²) >= 11 is 1.42. The zero-order valence-electron chi connectivity index (χ0n) is 16.1. The molecular weight excluding hydrogens is 378 g/mol. The molecule has 3 rings (SSSR count). The van der Waals surface area contributed by atoms with E-state index in [4.69, 9.17) is 4.42 Å². The van der Waals surface area contributed by atoms with E-state index in [1.54, 1.807) is 18.4 Å². The Morgan fingerprint density at radius 1 is 1.32 bits per heavy atom. The van der Waals surface area contributed by atoms with E-state index in [-0.39, 0.29) is 22.9 Å². The van der Waals surface area contributed by atoms with Crippen LogP contribution in [-0.2, 0) is 11.3 Å². The van der Waals surface area contributed by atoms with Gasteiger partial charge in [-0.2, -0.15) is 0 Å². The van der Waals surface area contributed by atoms with Crippen molar-refractivity contribution in [1.29, 1.82) is 0 Å². The first-order valence-corrected chi connectivity index (χ1v) is 10.2. The second-order valence-corrected chi connectivity index (χ2v) is 8.51. The van der Waals surface area contributed by atoms with E-state index in [1.165, 1.54) is 23.9 Å². The fourth-order valence-electron chi connectivity index (χ4n) is 3.40. The Bertz CT molecular complexity index is 786. The van der Waals surface area contributed by atoms with Gasteiger partial charge < -0.3 is 14.2 Å². The van der Waals surface area contributed by atoms with Gasteiger partial charge in [0.2, 0.25) is 5.91 Å². The van der Waals surface area contributed by atoms with Crippen LogP contribution in [0.3, 0.4) is 0 Å². The van der Waals surface area contributed by atoms with Gasteiger partial charge in [0.05, 0.1) is 23.0 Å². The van der Waals surface area contributed by atoms with Crippen LogP contribution in [0, 0.1) is 10.1 Å². The Morgan fingerprint density at radius 2 is 2.00 bits per heavy atom. The first kappa shape index (κ1) is 20.4. The summed E-state index contributed by atoms with van der Waals surface area (Å²) in [7, 11) is 2.10. The molecule has 0 bridgehead atoms. The van der Waals surface area contributed by atoms with Gasteiger partial charge in [0, 0.05) is 23.1 Å². The second-order valence-electron chi connectivity index (χ2n) is 7.09. The molecule has 1 saturated heterocycles.